The van der Waals surface area contributed by atoms with E-state index in [0.29, 0.717) is 6.54 Å². The minimum absolute atomic E-state index is 0.0235. The van der Waals surface area contributed by atoms with Crippen LogP contribution in [0.1, 0.15) is 53.9 Å². The van der Waals surface area contributed by atoms with Crippen molar-refractivity contribution in [3.63, 3.8) is 0 Å². The number of carbonyl (C=O) groups excluding carboxylic acids is 1. The largest absolute Gasteiger partial charge is 0.481 e. The van der Waals surface area contributed by atoms with Crippen LogP contribution in [0, 0.1) is 17.3 Å². The molecule has 0 aromatic heterocycles. The average Bonchev–Trinajstić information content (AvgIpc) is 2.36. The van der Waals surface area contributed by atoms with E-state index in [-0.39, 0.29) is 35.7 Å². The molecular weight excluding hydrogens is 268 g/mol. The zero-order chi connectivity index (χ0) is 16.2. The first kappa shape index (κ1) is 17.8. The van der Waals surface area contributed by atoms with E-state index in [0.717, 1.165) is 19.4 Å². The fourth-order valence-corrected chi connectivity index (χ4v) is 2.59. The maximum absolute atomic E-state index is 12.3. The van der Waals surface area contributed by atoms with Crippen molar-refractivity contribution in [3.05, 3.63) is 0 Å². The molecule has 5 nitrogen and oxygen atoms in total. The lowest BCUT2D eigenvalue weighted by Crippen LogP contribution is -2.51. The molecule has 3 atom stereocenters. The number of nitrogens with one attached hydrogen (secondary N) is 1. The second-order valence-corrected chi connectivity index (χ2v) is 7.46. The van der Waals surface area contributed by atoms with Crippen LogP contribution < -0.4 is 5.32 Å². The van der Waals surface area contributed by atoms with Crippen molar-refractivity contribution < 1.29 is 14.7 Å². The van der Waals surface area contributed by atoms with Gasteiger partial charge in [-0.2, -0.15) is 0 Å². The molecule has 1 fully saturated rings. The molecule has 1 heterocycles. The molecule has 0 aromatic carbocycles. The molecule has 1 rings (SSSR count). The van der Waals surface area contributed by atoms with Crippen LogP contribution in [-0.4, -0.2) is 41.1 Å². The Labute approximate surface area is 128 Å². The van der Waals surface area contributed by atoms with E-state index in [2.05, 4.69) is 26.1 Å². The number of carbonyl (C=O) groups is 2. The first-order valence-corrected chi connectivity index (χ1v) is 7.88. The van der Waals surface area contributed by atoms with Gasteiger partial charge in [0.25, 0.3) is 0 Å². The minimum atomic E-state index is -0.759. The summed E-state index contributed by atoms with van der Waals surface area (Å²) < 4.78 is 0. The van der Waals surface area contributed by atoms with Gasteiger partial charge in [-0.15, -0.1) is 0 Å². The zero-order valence-corrected chi connectivity index (χ0v) is 14.0. The van der Waals surface area contributed by atoms with Gasteiger partial charge in [0.15, 0.2) is 0 Å². The van der Waals surface area contributed by atoms with Gasteiger partial charge in [-0.1, -0.05) is 27.7 Å². The molecule has 1 saturated heterocycles. The number of carboxylic acids is 1. The highest BCUT2D eigenvalue weighted by Crippen LogP contribution is 2.26. The average molecular weight is 298 g/mol. The topological polar surface area (TPSA) is 69.6 Å². The molecule has 1 aliphatic rings. The molecule has 0 aliphatic carbocycles. The van der Waals surface area contributed by atoms with Crippen LogP contribution in [0.15, 0.2) is 0 Å². The van der Waals surface area contributed by atoms with E-state index < -0.39 is 5.97 Å². The van der Waals surface area contributed by atoms with E-state index in [9.17, 15) is 9.59 Å². The lowest BCUT2D eigenvalue weighted by Gasteiger charge is -2.37. The molecule has 2 N–H and O–H groups in total. The first-order chi connectivity index (χ1) is 9.61. The number of urea groups is 1. The van der Waals surface area contributed by atoms with Crippen molar-refractivity contribution in [1.29, 1.82) is 0 Å². The summed E-state index contributed by atoms with van der Waals surface area (Å²) in [5.41, 5.74) is 0.0292. The molecular formula is C16H30N2O3. The number of likely N-dealkylation sites (tertiary alicyclic amines) is 1. The van der Waals surface area contributed by atoms with Gasteiger partial charge >= 0.3 is 12.0 Å². The second-order valence-electron chi connectivity index (χ2n) is 7.46. The van der Waals surface area contributed by atoms with Gasteiger partial charge in [0.2, 0.25) is 0 Å². The van der Waals surface area contributed by atoms with Crippen LogP contribution in [0.5, 0.6) is 0 Å². The van der Waals surface area contributed by atoms with E-state index >= 15 is 0 Å². The number of carboxylic acid groups (broad SMARTS) is 1. The maximum Gasteiger partial charge on any atom is 0.317 e. The van der Waals surface area contributed by atoms with Crippen LogP contribution in [0.4, 0.5) is 4.79 Å². The predicted molar refractivity (Wildman–Crippen MR) is 83.2 cm³/mol. The van der Waals surface area contributed by atoms with Crippen molar-refractivity contribution in [2.45, 2.75) is 59.9 Å². The van der Waals surface area contributed by atoms with Gasteiger partial charge in [-0.3, -0.25) is 4.79 Å². The summed E-state index contributed by atoms with van der Waals surface area (Å²) >= 11 is 0. The predicted octanol–water partition coefficient (Wildman–Crippen LogP) is 2.95. The minimum Gasteiger partial charge on any atom is -0.481 e. The first-order valence-electron chi connectivity index (χ1n) is 7.88. The number of aliphatic carboxylic acids is 1. The number of rotatable bonds is 4. The molecule has 122 valence electrons. The van der Waals surface area contributed by atoms with Gasteiger partial charge in [0, 0.05) is 25.6 Å². The summed E-state index contributed by atoms with van der Waals surface area (Å²) in [4.78, 5) is 25.0. The molecule has 1 aliphatic heterocycles. The van der Waals surface area contributed by atoms with Crippen molar-refractivity contribution in [2.75, 3.05) is 13.1 Å². The fourth-order valence-electron chi connectivity index (χ4n) is 2.59. The molecule has 0 radical (unpaired) electrons. The summed E-state index contributed by atoms with van der Waals surface area (Å²) in [7, 11) is 0. The van der Waals surface area contributed by atoms with Crippen LogP contribution in [0.25, 0.3) is 0 Å². The fraction of sp³-hybridized carbons (Fsp3) is 0.875. The third-order valence-electron chi connectivity index (χ3n) is 4.69. The Hall–Kier alpha value is -1.26. The Bertz CT molecular complexity index is 376. The number of hydrogen-bond acceptors (Lipinski definition) is 2. The number of nitrogens with zero attached hydrogens (tertiary/aromatic N) is 1. The quantitative estimate of drug-likeness (QED) is 0.838. The Morgan fingerprint density at radius 2 is 1.95 bits per heavy atom. The SMILES string of the molecule is CC(CC(=O)O)C1CCCN(C(=O)NC(C)C(C)(C)C)C1. The van der Waals surface area contributed by atoms with E-state index in [1.165, 1.54) is 0 Å². The van der Waals surface area contributed by atoms with E-state index in [1.807, 2.05) is 18.7 Å². The third-order valence-corrected chi connectivity index (χ3v) is 4.69. The molecule has 0 aromatic rings. The van der Waals surface area contributed by atoms with Crippen molar-refractivity contribution in [3.8, 4) is 0 Å². The Balaban J connectivity index is 2.55. The standard InChI is InChI=1S/C16H30N2O3/c1-11(9-14(19)20)13-7-6-8-18(10-13)15(21)17-12(2)16(3,4)5/h11-13H,6-10H2,1-5H3,(H,17,21)(H,19,20). The molecule has 5 heteroatoms. The van der Waals surface area contributed by atoms with Gasteiger partial charge in [0.1, 0.15) is 0 Å². The summed E-state index contributed by atoms with van der Waals surface area (Å²) in [5, 5.41) is 12.0. The van der Waals surface area contributed by atoms with Crippen LogP contribution in [0.3, 0.4) is 0 Å². The van der Waals surface area contributed by atoms with Gasteiger partial charge < -0.3 is 15.3 Å². The normalized spacial score (nSPS) is 22.5. The third kappa shape index (κ3) is 5.56. The highest BCUT2D eigenvalue weighted by Gasteiger charge is 2.30. The maximum atomic E-state index is 12.3. The van der Waals surface area contributed by atoms with Crippen molar-refractivity contribution in [1.82, 2.24) is 10.2 Å². The second kappa shape index (κ2) is 7.14. The Morgan fingerprint density at radius 3 is 2.48 bits per heavy atom. The number of amides is 2. The lowest BCUT2D eigenvalue weighted by atomic mass is 9.84. The van der Waals surface area contributed by atoms with Crippen molar-refractivity contribution >= 4 is 12.0 Å². The summed E-state index contributed by atoms with van der Waals surface area (Å²) in [6, 6.07) is 0.0754. The highest BCUT2D eigenvalue weighted by atomic mass is 16.4. The molecule has 3 unspecified atom stereocenters. The lowest BCUT2D eigenvalue weighted by molar-refractivity contribution is -0.138. The van der Waals surface area contributed by atoms with Gasteiger partial charge in [-0.25, -0.2) is 4.79 Å². The van der Waals surface area contributed by atoms with E-state index in [1.54, 1.807) is 0 Å². The summed E-state index contributed by atoms with van der Waals surface area (Å²) in [6.07, 6.45) is 2.14. The van der Waals surface area contributed by atoms with Crippen LogP contribution in [0.2, 0.25) is 0 Å². The smallest absolute Gasteiger partial charge is 0.317 e. The highest BCUT2D eigenvalue weighted by molar-refractivity contribution is 5.74. The monoisotopic (exact) mass is 298 g/mol. The zero-order valence-electron chi connectivity index (χ0n) is 14.0. The van der Waals surface area contributed by atoms with Gasteiger partial charge in [0.05, 0.1) is 0 Å². The molecule has 21 heavy (non-hydrogen) atoms. The van der Waals surface area contributed by atoms with Gasteiger partial charge in [-0.05, 0) is 37.0 Å². The summed E-state index contributed by atoms with van der Waals surface area (Å²) in [5.74, 6) is -0.367. The Kier molecular flexibility index (Phi) is 6.05. The molecule has 0 spiro atoms. The number of piperidine rings is 1. The number of hydrogen-bond donors (Lipinski definition) is 2. The van der Waals surface area contributed by atoms with Crippen LogP contribution >= 0.6 is 0 Å². The van der Waals surface area contributed by atoms with Crippen LogP contribution in [-0.2, 0) is 4.79 Å². The van der Waals surface area contributed by atoms with Crippen molar-refractivity contribution in [2.24, 2.45) is 17.3 Å². The van der Waals surface area contributed by atoms with E-state index in [4.69, 9.17) is 5.11 Å². The Morgan fingerprint density at radius 1 is 1.33 bits per heavy atom. The molecule has 2 amide bonds. The molecule has 0 bridgehead atoms. The summed E-state index contributed by atoms with van der Waals surface area (Å²) in [6.45, 7) is 11.7. The molecule has 0 saturated carbocycles.